The van der Waals surface area contributed by atoms with Gasteiger partial charge >= 0.3 is 5.97 Å². The average molecular weight is 474 g/mol. The van der Waals surface area contributed by atoms with E-state index in [0.29, 0.717) is 30.7 Å². The van der Waals surface area contributed by atoms with Crippen LogP contribution in [-0.2, 0) is 25.5 Å². The van der Waals surface area contributed by atoms with Gasteiger partial charge in [-0.3, -0.25) is 4.79 Å². The maximum absolute atomic E-state index is 13.7. The summed E-state index contributed by atoms with van der Waals surface area (Å²) in [6, 6.07) is 19.6. The first-order valence-electron chi connectivity index (χ1n) is 12.1. The van der Waals surface area contributed by atoms with Gasteiger partial charge in [-0.2, -0.15) is 0 Å². The third kappa shape index (κ3) is 4.37. The van der Waals surface area contributed by atoms with Gasteiger partial charge in [-0.1, -0.05) is 54.6 Å². The molecule has 7 nitrogen and oxygen atoms in total. The summed E-state index contributed by atoms with van der Waals surface area (Å²) in [5.41, 5.74) is 1.59. The normalized spacial score (nSPS) is 24.5. The number of carbonyl (C=O) groups is 2. The highest BCUT2D eigenvalue weighted by molar-refractivity contribution is 6.07. The number of nitrogens with zero attached hydrogens (tertiary/aromatic N) is 2. The zero-order valence-corrected chi connectivity index (χ0v) is 20.1. The molecule has 2 aromatic rings. The van der Waals surface area contributed by atoms with Gasteiger partial charge in [0.15, 0.2) is 0 Å². The van der Waals surface area contributed by atoms with Crippen molar-refractivity contribution in [2.45, 2.75) is 24.2 Å². The molecule has 182 valence electrons. The summed E-state index contributed by atoms with van der Waals surface area (Å²) in [6.07, 6.45) is 3.84. The Balaban J connectivity index is 1.56. The van der Waals surface area contributed by atoms with Crippen LogP contribution in [-0.4, -0.2) is 79.8 Å². The van der Waals surface area contributed by atoms with Gasteiger partial charge in [0.1, 0.15) is 11.7 Å². The van der Waals surface area contributed by atoms with E-state index in [4.69, 9.17) is 9.47 Å². The minimum atomic E-state index is -1.12. The zero-order valence-electron chi connectivity index (χ0n) is 20.1. The van der Waals surface area contributed by atoms with E-state index < -0.39 is 17.7 Å². The van der Waals surface area contributed by atoms with E-state index >= 15 is 0 Å². The summed E-state index contributed by atoms with van der Waals surface area (Å²) >= 11 is 0. The van der Waals surface area contributed by atoms with Crippen LogP contribution in [0.4, 0.5) is 5.69 Å². The Morgan fingerprint density at radius 1 is 1.06 bits per heavy atom. The highest BCUT2D eigenvalue weighted by Crippen LogP contribution is 2.47. The highest BCUT2D eigenvalue weighted by Gasteiger charge is 2.58. The number of hydrogen-bond donors (Lipinski definition) is 1. The lowest BCUT2D eigenvalue weighted by molar-refractivity contribution is -0.138. The number of likely N-dealkylation sites (N-methyl/N-ethyl adjacent to an activating group) is 1. The van der Waals surface area contributed by atoms with Crippen molar-refractivity contribution in [1.29, 1.82) is 0 Å². The maximum Gasteiger partial charge on any atom is 0.337 e. The number of nitrogens with one attached hydrogen (secondary N) is 1. The van der Waals surface area contributed by atoms with E-state index in [1.54, 1.807) is 0 Å². The third-order valence-electron chi connectivity index (χ3n) is 7.11. The molecule has 3 heterocycles. The molecule has 0 aromatic heterocycles. The molecule has 1 fully saturated rings. The van der Waals surface area contributed by atoms with Gasteiger partial charge in [0.25, 0.3) is 5.91 Å². The number of hydrogen-bond acceptors (Lipinski definition) is 6. The summed E-state index contributed by atoms with van der Waals surface area (Å²) < 4.78 is 11.8. The van der Waals surface area contributed by atoms with Crippen LogP contribution >= 0.6 is 0 Å². The Hall–Kier alpha value is -3.42. The number of rotatable bonds is 7. The molecule has 0 saturated carbocycles. The predicted octanol–water partition coefficient (Wildman–Crippen LogP) is 2.66. The highest BCUT2D eigenvalue weighted by atomic mass is 16.5. The van der Waals surface area contributed by atoms with Gasteiger partial charge < -0.3 is 24.6 Å². The van der Waals surface area contributed by atoms with Crippen LogP contribution in [0, 0.1) is 0 Å². The van der Waals surface area contributed by atoms with Crippen molar-refractivity contribution < 1.29 is 19.1 Å². The van der Waals surface area contributed by atoms with Crippen LogP contribution < -0.4 is 5.32 Å². The number of piperazine rings is 1. The van der Waals surface area contributed by atoms with Crippen LogP contribution in [0.15, 0.2) is 84.0 Å². The number of esters is 1. The van der Waals surface area contributed by atoms with Crippen LogP contribution in [0.5, 0.6) is 0 Å². The smallest absolute Gasteiger partial charge is 0.337 e. The summed E-state index contributed by atoms with van der Waals surface area (Å²) in [7, 11) is 3.40. The minimum absolute atomic E-state index is 0.145. The first-order chi connectivity index (χ1) is 17.0. The van der Waals surface area contributed by atoms with Crippen molar-refractivity contribution in [3.8, 4) is 0 Å². The lowest BCUT2D eigenvalue weighted by Crippen LogP contribution is -2.50. The lowest BCUT2D eigenvalue weighted by atomic mass is 9.78. The standard InChI is InChI=1S/C28H31N3O4/c1-30-15-17-31(18-16-30)26(32)24-22-13-14-28(35-22,25(24)27(33)34-2)23(19-20-9-5-3-6-10-20)29-21-11-7-4-8-12-21/h3-14,22-23,29H,15-19H2,1-2H3. The number of para-hydroxylation sites is 1. The fourth-order valence-corrected chi connectivity index (χ4v) is 5.22. The number of amides is 1. The molecule has 1 amide bonds. The fourth-order valence-electron chi connectivity index (χ4n) is 5.22. The molecular formula is C28H31N3O4. The molecule has 7 heteroatoms. The van der Waals surface area contributed by atoms with E-state index in [1.165, 1.54) is 7.11 Å². The minimum Gasteiger partial charge on any atom is -0.466 e. The Morgan fingerprint density at radius 2 is 1.71 bits per heavy atom. The molecule has 1 saturated heterocycles. The van der Waals surface area contributed by atoms with Crippen molar-refractivity contribution >= 4 is 17.6 Å². The molecule has 0 spiro atoms. The number of ether oxygens (including phenoxy) is 2. The van der Waals surface area contributed by atoms with E-state index in [-0.39, 0.29) is 11.9 Å². The number of carbonyl (C=O) groups excluding carboxylic acids is 2. The molecule has 3 unspecified atom stereocenters. The van der Waals surface area contributed by atoms with Crippen molar-refractivity contribution in [3.63, 3.8) is 0 Å². The second-order valence-electron chi connectivity index (χ2n) is 9.32. The van der Waals surface area contributed by atoms with Crippen molar-refractivity contribution in [2.75, 3.05) is 45.7 Å². The van der Waals surface area contributed by atoms with Crippen LogP contribution in [0.2, 0.25) is 0 Å². The Labute approximate surface area is 206 Å². The van der Waals surface area contributed by atoms with E-state index in [0.717, 1.165) is 24.3 Å². The molecule has 5 rings (SSSR count). The number of benzene rings is 2. The van der Waals surface area contributed by atoms with Gasteiger partial charge in [-0.25, -0.2) is 4.79 Å². The summed E-state index contributed by atoms with van der Waals surface area (Å²) in [5, 5.41) is 3.59. The number of fused-ring (bicyclic) bond motifs is 2. The Kier molecular flexibility index (Phi) is 6.45. The van der Waals surface area contributed by atoms with Gasteiger partial charge in [0.2, 0.25) is 0 Å². The molecule has 3 aliphatic rings. The molecule has 2 bridgehead atoms. The van der Waals surface area contributed by atoms with Crippen LogP contribution in [0.3, 0.4) is 0 Å². The molecule has 0 aliphatic carbocycles. The summed E-state index contributed by atoms with van der Waals surface area (Å²) in [5.74, 6) is -0.671. The van der Waals surface area contributed by atoms with E-state index in [2.05, 4.69) is 22.3 Å². The Morgan fingerprint density at radius 3 is 2.37 bits per heavy atom. The predicted molar refractivity (Wildman–Crippen MR) is 134 cm³/mol. The first kappa shape index (κ1) is 23.3. The average Bonchev–Trinajstić information content (AvgIpc) is 3.47. The van der Waals surface area contributed by atoms with Crippen molar-refractivity contribution in [2.24, 2.45) is 0 Å². The molecule has 1 N–H and O–H groups in total. The fraction of sp³-hybridized carbons (Fsp3) is 0.357. The third-order valence-corrected chi connectivity index (χ3v) is 7.11. The SMILES string of the molecule is COC(=O)C1=C(C(=O)N2CCN(C)CC2)C2C=CC1(C(Cc1ccccc1)Nc1ccccc1)O2. The van der Waals surface area contributed by atoms with E-state index in [1.807, 2.05) is 72.6 Å². The van der Waals surface area contributed by atoms with E-state index in [9.17, 15) is 9.59 Å². The number of methoxy groups -OCH3 is 1. The van der Waals surface area contributed by atoms with Gasteiger partial charge in [-0.05, 0) is 37.2 Å². The lowest BCUT2D eigenvalue weighted by Gasteiger charge is -2.36. The van der Waals surface area contributed by atoms with Gasteiger partial charge in [0.05, 0.1) is 24.3 Å². The van der Waals surface area contributed by atoms with Crippen molar-refractivity contribution in [1.82, 2.24) is 9.80 Å². The van der Waals surface area contributed by atoms with Gasteiger partial charge in [-0.15, -0.1) is 0 Å². The first-order valence-corrected chi connectivity index (χ1v) is 12.1. The Bertz CT molecular complexity index is 1100. The van der Waals surface area contributed by atoms with Crippen LogP contribution in [0.1, 0.15) is 5.56 Å². The largest absolute Gasteiger partial charge is 0.466 e. The molecule has 35 heavy (non-hydrogen) atoms. The molecule has 3 aliphatic heterocycles. The second kappa shape index (κ2) is 9.68. The maximum atomic E-state index is 13.7. The van der Waals surface area contributed by atoms with Crippen LogP contribution in [0.25, 0.3) is 0 Å². The number of anilines is 1. The molecule has 0 radical (unpaired) electrons. The van der Waals surface area contributed by atoms with Crippen molar-refractivity contribution in [3.05, 3.63) is 89.5 Å². The van der Waals surface area contributed by atoms with Gasteiger partial charge in [0, 0.05) is 31.9 Å². The summed E-state index contributed by atoms with van der Waals surface area (Å²) in [6.45, 7) is 2.83. The molecule has 2 aromatic carbocycles. The molecule has 3 atom stereocenters. The quantitative estimate of drug-likeness (QED) is 0.493. The zero-order chi connectivity index (χ0) is 24.4. The molecular weight excluding hydrogens is 442 g/mol. The topological polar surface area (TPSA) is 71.1 Å². The monoisotopic (exact) mass is 473 g/mol. The summed E-state index contributed by atoms with van der Waals surface area (Å²) in [4.78, 5) is 31.0. The second-order valence-corrected chi connectivity index (χ2v) is 9.32.